The van der Waals surface area contributed by atoms with Crippen LogP contribution >= 0.6 is 0 Å². The lowest BCUT2D eigenvalue weighted by molar-refractivity contribution is 0.235. The number of nitrogens with one attached hydrogen (secondary N) is 1. The van der Waals surface area contributed by atoms with Crippen molar-refractivity contribution in [1.82, 2.24) is 5.32 Å². The predicted octanol–water partition coefficient (Wildman–Crippen LogP) is 4.15. The van der Waals surface area contributed by atoms with Crippen LogP contribution in [0.2, 0.25) is 0 Å². The van der Waals surface area contributed by atoms with Crippen molar-refractivity contribution < 1.29 is 4.42 Å². The molecule has 0 spiro atoms. The summed E-state index contributed by atoms with van der Waals surface area (Å²) >= 11 is 0. The lowest BCUT2D eigenvalue weighted by atomic mass is 9.83. The molecule has 1 aromatic heterocycles. The molecule has 2 aliphatic carbocycles. The van der Waals surface area contributed by atoms with Crippen LogP contribution < -0.4 is 5.32 Å². The SMILES string of the molecule is CCC(NC(C)C1CC2CCC1C2)c1ccco1. The Kier molecular flexibility index (Phi) is 3.47. The third-order valence-corrected chi connectivity index (χ3v) is 5.19. The van der Waals surface area contributed by atoms with Gasteiger partial charge in [-0.3, -0.25) is 0 Å². The van der Waals surface area contributed by atoms with E-state index < -0.39 is 0 Å². The minimum absolute atomic E-state index is 0.383. The molecule has 18 heavy (non-hydrogen) atoms. The van der Waals surface area contributed by atoms with E-state index in [1.807, 2.05) is 6.07 Å². The van der Waals surface area contributed by atoms with Crippen molar-refractivity contribution in [2.45, 2.75) is 58.0 Å². The molecule has 2 saturated carbocycles. The second-order valence-electron chi connectivity index (χ2n) is 6.27. The van der Waals surface area contributed by atoms with E-state index in [-0.39, 0.29) is 0 Å². The lowest BCUT2D eigenvalue weighted by Crippen LogP contribution is -2.38. The average molecular weight is 247 g/mol. The lowest BCUT2D eigenvalue weighted by Gasteiger charge is -2.31. The van der Waals surface area contributed by atoms with Crippen LogP contribution in [0.4, 0.5) is 0 Å². The highest BCUT2D eigenvalue weighted by Crippen LogP contribution is 2.49. The van der Waals surface area contributed by atoms with Gasteiger partial charge in [-0.1, -0.05) is 13.3 Å². The maximum Gasteiger partial charge on any atom is 0.120 e. The van der Waals surface area contributed by atoms with Gasteiger partial charge in [0.05, 0.1) is 12.3 Å². The first-order valence-corrected chi connectivity index (χ1v) is 7.57. The van der Waals surface area contributed by atoms with Gasteiger partial charge in [0.25, 0.3) is 0 Å². The van der Waals surface area contributed by atoms with Gasteiger partial charge < -0.3 is 9.73 Å². The third-order valence-electron chi connectivity index (χ3n) is 5.19. The first-order chi connectivity index (χ1) is 8.78. The molecule has 1 aromatic rings. The predicted molar refractivity (Wildman–Crippen MR) is 73.3 cm³/mol. The van der Waals surface area contributed by atoms with Crippen molar-refractivity contribution in [3.05, 3.63) is 24.2 Å². The zero-order chi connectivity index (χ0) is 12.5. The molecular formula is C16H25NO. The number of fused-ring (bicyclic) bond motifs is 2. The second kappa shape index (κ2) is 5.08. The van der Waals surface area contributed by atoms with E-state index in [1.165, 1.54) is 25.7 Å². The summed E-state index contributed by atoms with van der Waals surface area (Å²) in [5, 5.41) is 3.80. The highest BCUT2D eigenvalue weighted by molar-refractivity contribution is 5.05. The summed E-state index contributed by atoms with van der Waals surface area (Å²) < 4.78 is 5.55. The Labute approximate surface area is 110 Å². The Hall–Kier alpha value is -0.760. The Balaban J connectivity index is 1.61. The van der Waals surface area contributed by atoms with Crippen LogP contribution in [0.25, 0.3) is 0 Å². The molecule has 3 rings (SSSR count). The molecule has 2 bridgehead atoms. The molecule has 5 atom stereocenters. The monoisotopic (exact) mass is 247 g/mol. The van der Waals surface area contributed by atoms with Crippen LogP contribution in [0.1, 0.15) is 57.8 Å². The van der Waals surface area contributed by atoms with Crippen LogP contribution in [0.5, 0.6) is 0 Å². The fraction of sp³-hybridized carbons (Fsp3) is 0.750. The normalized spacial score (nSPS) is 33.8. The van der Waals surface area contributed by atoms with Gasteiger partial charge in [0.15, 0.2) is 0 Å². The maximum atomic E-state index is 5.55. The van der Waals surface area contributed by atoms with Crippen molar-refractivity contribution in [3.63, 3.8) is 0 Å². The molecule has 0 aliphatic heterocycles. The van der Waals surface area contributed by atoms with E-state index in [1.54, 1.807) is 6.26 Å². The zero-order valence-electron chi connectivity index (χ0n) is 11.6. The molecular weight excluding hydrogens is 222 g/mol. The molecule has 5 unspecified atom stereocenters. The Bertz CT molecular complexity index is 372. The molecule has 0 aromatic carbocycles. The topological polar surface area (TPSA) is 25.2 Å². The third kappa shape index (κ3) is 2.23. The molecule has 0 amide bonds. The van der Waals surface area contributed by atoms with Gasteiger partial charge in [-0.15, -0.1) is 0 Å². The van der Waals surface area contributed by atoms with Crippen molar-refractivity contribution in [3.8, 4) is 0 Å². The maximum absolute atomic E-state index is 5.55. The smallest absolute Gasteiger partial charge is 0.120 e. The summed E-state index contributed by atoms with van der Waals surface area (Å²) in [5.41, 5.74) is 0. The van der Waals surface area contributed by atoms with E-state index in [0.717, 1.165) is 29.9 Å². The van der Waals surface area contributed by atoms with E-state index >= 15 is 0 Å². The van der Waals surface area contributed by atoms with Gasteiger partial charge >= 0.3 is 0 Å². The highest BCUT2D eigenvalue weighted by Gasteiger charge is 2.42. The zero-order valence-corrected chi connectivity index (χ0v) is 11.6. The quantitative estimate of drug-likeness (QED) is 0.845. The first-order valence-electron chi connectivity index (χ1n) is 7.57. The summed E-state index contributed by atoms with van der Waals surface area (Å²) in [6, 6.07) is 5.08. The van der Waals surface area contributed by atoms with Gasteiger partial charge in [0.1, 0.15) is 5.76 Å². The highest BCUT2D eigenvalue weighted by atomic mass is 16.3. The summed E-state index contributed by atoms with van der Waals surface area (Å²) in [6.45, 7) is 4.60. The van der Waals surface area contributed by atoms with Crippen molar-refractivity contribution in [1.29, 1.82) is 0 Å². The first kappa shape index (κ1) is 12.3. The molecule has 2 aliphatic rings. The molecule has 0 saturated heterocycles. The molecule has 2 heteroatoms. The number of furan rings is 1. The minimum Gasteiger partial charge on any atom is -0.468 e. The largest absolute Gasteiger partial charge is 0.468 e. The van der Waals surface area contributed by atoms with Gasteiger partial charge in [-0.25, -0.2) is 0 Å². The van der Waals surface area contributed by atoms with Crippen molar-refractivity contribution >= 4 is 0 Å². The van der Waals surface area contributed by atoms with Crippen LogP contribution in [0.3, 0.4) is 0 Å². The summed E-state index contributed by atoms with van der Waals surface area (Å²) in [5.74, 6) is 4.01. The number of hydrogen-bond acceptors (Lipinski definition) is 2. The van der Waals surface area contributed by atoms with Crippen LogP contribution in [-0.4, -0.2) is 6.04 Å². The van der Waals surface area contributed by atoms with E-state index in [4.69, 9.17) is 4.42 Å². The van der Waals surface area contributed by atoms with Crippen molar-refractivity contribution in [2.24, 2.45) is 17.8 Å². The Morgan fingerprint density at radius 2 is 2.28 bits per heavy atom. The van der Waals surface area contributed by atoms with Crippen LogP contribution in [0.15, 0.2) is 22.8 Å². The molecule has 1 heterocycles. The fourth-order valence-electron chi connectivity index (χ4n) is 4.24. The van der Waals surface area contributed by atoms with E-state index in [0.29, 0.717) is 12.1 Å². The molecule has 2 nitrogen and oxygen atoms in total. The summed E-state index contributed by atoms with van der Waals surface area (Å²) in [6.07, 6.45) is 8.78. The van der Waals surface area contributed by atoms with Gasteiger partial charge in [0.2, 0.25) is 0 Å². The molecule has 0 radical (unpaired) electrons. The van der Waals surface area contributed by atoms with Crippen LogP contribution in [0, 0.1) is 17.8 Å². The Morgan fingerprint density at radius 3 is 2.83 bits per heavy atom. The standard InChI is InChI=1S/C16H25NO/c1-3-15(16-5-4-8-18-16)17-11(2)14-10-12-6-7-13(14)9-12/h4-5,8,11-15,17H,3,6-7,9-10H2,1-2H3. The average Bonchev–Trinajstić information content (AvgIpc) is 3.10. The van der Waals surface area contributed by atoms with Gasteiger partial charge in [-0.2, -0.15) is 0 Å². The Morgan fingerprint density at radius 1 is 1.39 bits per heavy atom. The van der Waals surface area contributed by atoms with E-state index in [9.17, 15) is 0 Å². The molecule has 100 valence electrons. The van der Waals surface area contributed by atoms with Crippen molar-refractivity contribution in [2.75, 3.05) is 0 Å². The second-order valence-corrected chi connectivity index (χ2v) is 6.27. The molecule has 1 N–H and O–H groups in total. The number of rotatable bonds is 5. The van der Waals surface area contributed by atoms with E-state index in [2.05, 4.69) is 25.2 Å². The summed E-state index contributed by atoms with van der Waals surface area (Å²) in [4.78, 5) is 0. The van der Waals surface area contributed by atoms with Gasteiger partial charge in [0, 0.05) is 6.04 Å². The summed E-state index contributed by atoms with van der Waals surface area (Å²) in [7, 11) is 0. The van der Waals surface area contributed by atoms with Gasteiger partial charge in [-0.05, 0) is 62.5 Å². The number of hydrogen-bond donors (Lipinski definition) is 1. The van der Waals surface area contributed by atoms with Crippen LogP contribution in [-0.2, 0) is 0 Å². The minimum atomic E-state index is 0.383. The molecule has 2 fully saturated rings. The fourth-order valence-corrected chi connectivity index (χ4v) is 4.24.